The number of ether oxygens (including phenoxy) is 1. The third-order valence-corrected chi connectivity index (χ3v) is 7.03. The number of carbonyl (C=O) groups is 2. The molecule has 35 heavy (non-hydrogen) atoms. The lowest BCUT2D eigenvalue weighted by Gasteiger charge is -2.18. The van der Waals surface area contributed by atoms with Gasteiger partial charge >= 0.3 is 0 Å². The van der Waals surface area contributed by atoms with Crippen LogP contribution in [0.1, 0.15) is 53.2 Å². The van der Waals surface area contributed by atoms with Crippen LogP contribution in [-0.4, -0.2) is 44.2 Å². The summed E-state index contributed by atoms with van der Waals surface area (Å²) >= 11 is 6.41. The number of aromatic hydroxyl groups is 1. The van der Waals surface area contributed by atoms with E-state index in [-0.39, 0.29) is 27.6 Å². The van der Waals surface area contributed by atoms with Crippen molar-refractivity contribution in [3.63, 3.8) is 0 Å². The fourth-order valence-electron chi connectivity index (χ4n) is 3.72. The second-order valence-electron chi connectivity index (χ2n) is 7.94. The molecule has 1 aliphatic rings. The maximum atomic E-state index is 13.2. The molecule has 0 radical (unpaired) electrons. The van der Waals surface area contributed by atoms with Crippen LogP contribution in [0.4, 0.5) is 0 Å². The van der Waals surface area contributed by atoms with Gasteiger partial charge in [-0.1, -0.05) is 55.9 Å². The van der Waals surface area contributed by atoms with Crippen molar-refractivity contribution in [2.45, 2.75) is 39.7 Å². The van der Waals surface area contributed by atoms with E-state index in [0.29, 0.717) is 17.1 Å². The zero-order valence-corrected chi connectivity index (χ0v) is 21.3. The summed E-state index contributed by atoms with van der Waals surface area (Å²) < 4.78 is 6.40. The second kappa shape index (κ2) is 11.3. The summed E-state index contributed by atoms with van der Waals surface area (Å²) in [6.07, 6.45) is 4.00. The summed E-state index contributed by atoms with van der Waals surface area (Å²) in [5, 5.41) is 20.3. The number of nitriles is 1. The summed E-state index contributed by atoms with van der Waals surface area (Å²) in [5.41, 5.74) is -0.128. The minimum Gasteiger partial charge on any atom is -0.497 e. The number of benzene rings is 1. The van der Waals surface area contributed by atoms with E-state index in [1.54, 1.807) is 37.5 Å². The number of thiocarbonyl (C=S) groups is 1. The van der Waals surface area contributed by atoms with Gasteiger partial charge in [-0.25, -0.2) is 0 Å². The van der Waals surface area contributed by atoms with Crippen LogP contribution >= 0.6 is 24.0 Å². The molecule has 1 N–H and O–H groups in total. The van der Waals surface area contributed by atoms with E-state index in [9.17, 15) is 24.8 Å². The summed E-state index contributed by atoms with van der Waals surface area (Å²) in [5.74, 6) is -0.851. The van der Waals surface area contributed by atoms with E-state index in [4.69, 9.17) is 17.0 Å². The number of rotatable bonds is 9. The van der Waals surface area contributed by atoms with Crippen LogP contribution in [0, 0.1) is 18.3 Å². The highest BCUT2D eigenvalue weighted by Crippen LogP contribution is 2.33. The number of unbranched alkanes of at least 4 members (excludes halogenated alkanes) is 2. The van der Waals surface area contributed by atoms with Crippen molar-refractivity contribution >= 4 is 46.1 Å². The Morgan fingerprint density at radius 3 is 2.54 bits per heavy atom. The predicted octanol–water partition coefficient (Wildman–Crippen LogP) is 4.02. The van der Waals surface area contributed by atoms with Gasteiger partial charge in [-0.2, -0.15) is 5.26 Å². The number of aromatic nitrogens is 1. The number of hydrogen-bond acceptors (Lipinski definition) is 8. The zero-order valence-electron chi connectivity index (χ0n) is 19.7. The standard InChI is InChI=1S/C25H25N3O5S2/c1-4-5-6-11-27-22(30)18(13-26)15(2)21(24(27)32)19(29)14-28-23(31)20(35-25(28)34)12-16-7-9-17(33-3)10-8-16/h7-10,12,32H,4-6,11,14H2,1-3H3/b20-12-. The van der Waals surface area contributed by atoms with Gasteiger partial charge in [0.25, 0.3) is 11.5 Å². The molecule has 2 heterocycles. The lowest BCUT2D eigenvalue weighted by molar-refractivity contribution is -0.121. The van der Waals surface area contributed by atoms with Gasteiger partial charge in [-0.3, -0.25) is 23.9 Å². The molecule has 10 heteroatoms. The maximum absolute atomic E-state index is 13.2. The number of nitrogens with zero attached hydrogens (tertiary/aromatic N) is 3. The van der Waals surface area contributed by atoms with Gasteiger partial charge in [0.05, 0.1) is 24.1 Å². The molecule has 1 aliphatic heterocycles. The molecule has 1 saturated heterocycles. The van der Waals surface area contributed by atoms with Crippen LogP contribution in [0.25, 0.3) is 6.08 Å². The molecular formula is C25H25N3O5S2. The molecule has 1 aromatic heterocycles. The number of hydrogen-bond donors (Lipinski definition) is 1. The average Bonchev–Trinajstić information content (AvgIpc) is 3.09. The molecule has 0 saturated carbocycles. The number of Topliss-reactive ketones (excluding diaryl/α,β-unsaturated/α-hetero) is 1. The third kappa shape index (κ3) is 5.47. The third-order valence-electron chi connectivity index (χ3n) is 5.65. The number of thioether (sulfide) groups is 1. The van der Waals surface area contributed by atoms with Gasteiger partial charge in [0.15, 0.2) is 5.78 Å². The van der Waals surface area contributed by atoms with Gasteiger partial charge in [0.2, 0.25) is 5.88 Å². The van der Waals surface area contributed by atoms with Gasteiger partial charge < -0.3 is 9.84 Å². The van der Waals surface area contributed by atoms with E-state index >= 15 is 0 Å². The van der Waals surface area contributed by atoms with E-state index < -0.39 is 29.7 Å². The van der Waals surface area contributed by atoms with Gasteiger partial charge in [-0.15, -0.1) is 0 Å². The monoisotopic (exact) mass is 511 g/mol. The van der Waals surface area contributed by atoms with Crippen LogP contribution in [-0.2, 0) is 11.3 Å². The van der Waals surface area contributed by atoms with Gasteiger partial charge in [0, 0.05) is 6.54 Å². The fraction of sp³-hybridized carbons (Fsp3) is 0.320. The van der Waals surface area contributed by atoms with E-state index in [1.165, 1.54) is 6.92 Å². The van der Waals surface area contributed by atoms with Gasteiger partial charge in [-0.05, 0) is 42.7 Å². The molecule has 1 amide bonds. The van der Waals surface area contributed by atoms with E-state index in [0.717, 1.165) is 39.6 Å². The molecule has 8 nitrogen and oxygen atoms in total. The highest BCUT2D eigenvalue weighted by Gasteiger charge is 2.35. The van der Waals surface area contributed by atoms with Crippen LogP contribution < -0.4 is 10.3 Å². The molecule has 0 aliphatic carbocycles. The molecule has 182 valence electrons. The topological polar surface area (TPSA) is 113 Å². The SMILES string of the molecule is CCCCCn1c(O)c(C(=O)CN2C(=O)/C(=C/c3ccc(OC)cc3)SC2=S)c(C)c(C#N)c1=O. The maximum Gasteiger partial charge on any atom is 0.271 e. The molecule has 1 aromatic carbocycles. The quantitative estimate of drug-likeness (QED) is 0.233. The largest absolute Gasteiger partial charge is 0.497 e. The first-order valence-corrected chi connectivity index (χ1v) is 12.2. The average molecular weight is 512 g/mol. The summed E-state index contributed by atoms with van der Waals surface area (Å²) in [4.78, 5) is 40.5. The van der Waals surface area contributed by atoms with Gasteiger partial charge in [0.1, 0.15) is 21.7 Å². The molecular weight excluding hydrogens is 486 g/mol. The Hall–Kier alpha value is -3.42. The van der Waals surface area contributed by atoms with Crippen molar-refractivity contribution in [2.24, 2.45) is 0 Å². The van der Waals surface area contributed by atoms with Crippen molar-refractivity contribution < 1.29 is 19.4 Å². The Labute approximate surface area is 212 Å². The second-order valence-corrected chi connectivity index (χ2v) is 9.61. The smallest absolute Gasteiger partial charge is 0.271 e. The summed E-state index contributed by atoms with van der Waals surface area (Å²) in [7, 11) is 1.56. The Balaban J connectivity index is 1.90. The molecule has 0 spiro atoms. The number of methoxy groups -OCH3 is 1. The summed E-state index contributed by atoms with van der Waals surface area (Å²) in [6, 6.07) is 8.97. The first-order chi connectivity index (χ1) is 16.7. The minimum atomic E-state index is -0.636. The highest BCUT2D eigenvalue weighted by atomic mass is 32.2. The Kier molecular flexibility index (Phi) is 8.48. The number of pyridine rings is 1. The van der Waals surface area contributed by atoms with Crippen LogP contribution in [0.15, 0.2) is 34.0 Å². The first kappa shape index (κ1) is 26.2. The Morgan fingerprint density at radius 2 is 1.94 bits per heavy atom. The Bertz CT molecular complexity index is 1310. The normalized spacial score (nSPS) is 14.5. The molecule has 2 aromatic rings. The number of ketones is 1. The zero-order chi connectivity index (χ0) is 25.7. The van der Waals surface area contributed by atoms with Crippen molar-refractivity contribution in [1.82, 2.24) is 9.47 Å². The highest BCUT2D eigenvalue weighted by molar-refractivity contribution is 8.26. The predicted molar refractivity (Wildman–Crippen MR) is 139 cm³/mol. The molecule has 0 unspecified atom stereocenters. The van der Waals surface area contributed by atoms with Crippen molar-refractivity contribution in [3.05, 3.63) is 61.8 Å². The van der Waals surface area contributed by atoms with Crippen LogP contribution in [0.2, 0.25) is 0 Å². The lowest BCUT2D eigenvalue weighted by Crippen LogP contribution is -2.35. The van der Waals surface area contributed by atoms with Crippen molar-refractivity contribution in [2.75, 3.05) is 13.7 Å². The van der Waals surface area contributed by atoms with Crippen LogP contribution in [0.5, 0.6) is 11.6 Å². The fourth-order valence-corrected chi connectivity index (χ4v) is 4.98. The van der Waals surface area contributed by atoms with E-state index in [2.05, 4.69) is 0 Å². The summed E-state index contributed by atoms with van der Waals surface area (Å²) in [6.45, 7) is 3.20. The van der Waals surface area contributed by atoms with Crippen molar-refractivity contribution in [3.8, 4) is 17.7 Å². The molecule has 3 rings (SSSR count). The molecule has 0 atom stereocenters. The van der Waals surface area contributed by atoms with E-state index in [1.807, 2.05) is 13.0 Å². The lowest BCUT2D eigenvalue weighted by atomic mass is 10.0. The number of amides is 1. The number of carbonyl (C=O) groups excluding carboxylic acids is 2. The molecule has 1 fully saturated rings. The first-order valence-electron chi connectivity index (χ1n) is 11.0. The minimum absolute atomic E-state index is 0.0888. The van der Waals surface area contributed by atoms with Crippen LogP contribution in [0.3, 0.4) is 0 Å². The molecule has 0 bridgehead atoms. The van der Waals surface area contributed by atoms with Crippen molar-refractivity contribution in [1.29, 1.82) is 5.26 Å². The Morgan fingerprint density at radius 1 is 1.26 bits per heavy atom.